The Kier molecular flexibility index (Phi) is 8.55. The van der Waals surface area contributed by atoms with Gasteiger partial charge >= 0.3 is 11.9 Å². The summed E-state index contributed by atoms with van der Waals surface area (Å²) in [5.74, 6) is 1.86. The van der Waals surface area contributed by atoms with E-state index >= 15 is 0 Å². The predicted molar refractivity (Wildman–Crippen MR) is 170 cm³/mol. The highest BCUT2D eigenvalue weighted by molar-refractivity contribution is 5.89. The molecule has 0 aromatic rings. The average Bonchev–Trinajstić information content (AvgIpc) is 3.32. The van der Waals surface area contributed by atoms with Crippen molar-refractivity contribution in [1.82, 2.24) is 0 Å². The maximum absolute atomic E-state index is 14.2. The second-order valence-electron chi connectivity index (χ2n) is 17.8. The normalized spacial score (nSPS) is 45.7. The topological polar surface area (TPSA) is 80.7 Å². The Bertz CT molecular complexity index is 1110. The minimum Gasteiger partial charge on any atom is -0.481 e. The van der Waals surface area contributed by atoms with E-state index in [0.717, 1.165) is 44.9 Å². The van der Waals surface area contributed by atoms with E-state index < -0.39 is 11.9 Å². The maximum Gasteiger partial charge on any atom is 0.306 e. The highest BCUT2D eigenvalue weighted by Gasteiger charge is 2.72. The van der Waals surface area contributed by atoms with E-state index in [-0.39, 0.29) is 51.4 Å². The van der Waals surface area contributed by atoms with Crippen molar-refractivity contribution in [2.45, 2.75) is 152 Å². The first-order chi connectivity index (χ1) is 20.0. The molecule has 5 aliphatic rings. The van der Waals surface area contributed by atoms with Crippen molar-refractivity contribution in [2.75, 3.05) is 0 Å². The van der Waals surface area contributed by atoms with Gasteiger partial charge in [-0.1, -0.05) is 62.3 Å². The van der Waals surface area contributed by atoms with Crippen LogP contribution in [0, 0.1) is 68.5 Å². The number of hydrogen-bond donors (Lipinski definition) is 1. The minimum atomic E-state index is -0.851. The summed E-state index contributed by atoms with van der Waals surface area (Å²) in [6.45, 7) is 21.0. The van der Waals surface area contributed by atoms with Crippen LogP contribution in [0.5, 0.6) is 0 Å². The Morgan fingerprint density at radius 1 is 0.814 bits per heavy atom. The zero-order valence-electron chi connectivity index (χ0n) is 28.9. The van der Waals surface area contributed by atoms with Gasteiger partial charge in [-0.05, 0) is 122 Å². The smallest absolute Gasteiger partial charge is 0.306 e. The standard InChI is InChI=1S/C38H62O5/c1-10-11-31(40)43-30-16-17-35(7)27(34(30,5)6)15-18-37(9)28(35)13-12-26-32-25(23(2)3)14-19-38(32,21-20-36(26,37)8)29(39)22-24(4)33(41)42/h23-28,30,32H,10-22H2,1-9H3,(H,41,42)/t24-,25-,26?,27-,28+,30+,32-,35-,36+,37+,38+/m0/s1. The molecule has 0 aromatic carbocycles. The van der Waals surface area contributed by atoms with Gasteiger partial charge in [0.05, 0.1) is 5.92 Å². The molecule has 0 radical (unpaired) electrons. The largest absolute Gasteiger partial charge is 0.481 e. The van der Waals surface area contributed by atoms with Crippen molar-refractivity contribution in [1.29, 1.82) is 0 Å². The van der Waals surface area contributed by atoms with Crippen molar-refractivity contribution in [3.8, 4) is 0 Å². The van der Waals surface area contributed by atoms with E-state index in [9.17, 15) is 19.5 Å². The molecule has 0 aliphatic heterocycles. The lowest BCUT2D eigenvalue weighted by atomic mass is 9.32. The van der Waals surface area contributed by atoms with Crippen LogP contribution in [0.15, 0.2) is 0 Å². The van der Waals surface area contributed by atoms with E-state index in [1.54, 1.807) is 6.92 Å². The van der Waals surface area contributed by atoms with E-state index in [4.69, 9.17) is 4.74 Å². The third kappa shape index (κ3) is 4.77. The molecule has 0 heterocycles. The van der Waals surface area contributed by atoms with E-state index in [1.165, 1.54) is 25.7 Å². The molecule has 1 unspecified atom stereocenters. The number of carbonyl (C=O) groups excluding carboxylic acids is 2. The zero-order chi connectivity index (χ0) is 31.8. The number of aliphatic carboxylic acids is 1. The van der Waals surface area contributed by atoms with Crippen molar-refractivity contribution in [3.63, 3.8) is 0 Å². The Morgan fingerprint density at radius 2 is 1.51 bits per heavy atom. The van der Waals surface area contributed by atoms with Crippen LogP contribution in [-0.2, 0) is 19.1 Å². The Labute approximate surface area is 262 Å². The van der Waals surface area contributed by atoms with Crippen molar-refractivity contribution in [2.24, 2.45) is 68.5 Å². The monoisotopic (exact) mass is 598 g/mol. The molecule has 5 fully saturated rings. The van der Waals surface area contributed by atoms with E-state index in [1.807, 2.05) is 6.92 Å². The van der Waals surface area contributed by atoms with Crippen LogP contribution in [0.4, 0.5) is 0 Å². The molecule has 5 nitrogen and oxygen atoms in total. The number of ether oxygens (including phenoxy) is 1. The fourth-order valence-electron chi connectivity index (χ4n) is 13.0. The zero-order valence-corrected chi connectivity index (χ0v) is 28.9. The van der Waals surface area contributed by atoms with Crippen LogP contribution in [0.1, 0.15) is 146 Å². The maximum atomic E-state index is 14.2. The molecular formula is C38H62O5. The predicted octanol–water partition coefficient (Wildman–Crippen LogP) is 9.12. The molecule has 0 saturated heterocycles. The van der Waals surface area contributed by atoms with Crippen LogP contribution >= 0.6 is 0 Å². The van der Waals surface area contributed by atoms with Crippen molar-refractivity contribution >= 4 is 17.7 Å². The number of hydrogen-bond acceptors (Lipinski definition) is 4. The number of Topliss-reactive ketones (excluding diaryl/α,β-unsaturated/α-hetero) is 1. The van der Waals surface area contributed by atoms with Gasteiger partial charge < -0.3 is 9.84 Å². The van der Waals surface area contributed by atoms with Gasteiger partial charge in [-0.15, -0.1) is 0 Å². The lowest BCUT2D eigenvalue weighted by Crippen LogP contribution is -2.67. The molecule has 5 aliphatic carbocycles. The first-order valence-corrected chi connectivity index (χ1v) is 17.9. The first kappa shape index (κ1) is 33.0. The second kappa shape index (κ2) is 11.1. The van der Waals surface area contributed by atoms with Gasteiger partial charge in [0, 0.05) is 23.7 Å². The molecule has 5 rings (SSSR count). The van der Waals surface area contributed by atoms with Crippen LogP contribution in [0.2, 0.25) is 0 Å². The van der Waals surface area contributed by atoms with Crippen molar-refractivity contribution < 1.29 is 24.2 Å². The molecule has 0 bridgehead atoms. The van der Waals surface area contributed by atoms with E-state index in [0.29, 0.717) is 41.9 Å². The second-order valence-corrected chi connectivity index (χ2v) is 17.8. The summed E-state index contributed by atoms with van der Waals surface area (Å²) >= 11 is 0. The number of carboxylic acids is 1. The highest BCUT2D eigenvalue weighted by atomic mass is 16.5. The molecule has 0 spiro atoms. The molecule has 0 amide bonds. The molecule has 5 heteroatoms. The van der Waals surface area contributed by atoms with Gasteiger partial charge in [0.2, 0.25) is 0 Å². The number of fused-ring (bicyclic) bond motifs is 7. The van der Waals surface area contributed by atoms with Gasteiger partial charge in [0.25, 0.3) is 0 Å². The Hall–Kier alpha value is -1.39. The first-order valence-electron chi connectivity index (χ1n) is 17.9. The summed E-state index contributed by atoms with van der Waals surface area (Å²) in [5, 5.41) is 9.66. The molecule has 11 atom stereocenters. The fourth-order valence-corrected chi connectivity index (χ4v) is 13.0. The fraction of sp³-hybridized carbons (Fsp3) is 0.921. The molecule has 5 saturated carbocycles. The lowest BCUT2D eigenvalue weighted by molar-refractivity contribution is -0.250. The number of rotatable bonds is 8. The summed E-state index contributed by atoms with van der Waals surface area (Å²) in [4.78, 5) is 38.5. The van der Waals surface area contributed by atoms with Crippen LogP contribution in [0.3, 0.4) is 0 Å². The molecule has 244 valence electrons. The van der Waals surface area contributed by atoms with Gasteiger partial charge in [-0.2, -0.15) is 0 Å². The summed E-state index contributed by atoms with van der Waals surface area (Å²) in [7, 11) is 0. The summed E-state index contributed by atoms with van der Waals surface area (Å²) < 4.78 is 6.16. The lowest BCUT2D eigenvalue weighted by Gasteiger charge is -2.73. The number of ketones is 1. The summed E-state index contributed by atoms with van der Waals surface area (Å²) in [6.07, 6.45) is 12.5. The minimum absolute atomic E-state index is 0.000647. The molecular weight excluding hydrogens is 536 g/mol. The number of carboxylic acid groups (broad SMARTS) is 1. The van der Waals surface area contributed by atoms with Gasteiger partial charge in [0.15, 0.2) is 0 Å². The van der Waals surface area contributed by atoms with Crippen LogP contribution < -0.4 is 0 Å². The Morgan fingerprint density at radius 3 is 2.14 bits per heavy atom. The number of carbonyl (C=O) groups is 3. The van der Waals surface area contributed by atoms with Crippen LogP contribution in [-0.4, -0.2) is 28.9 Å². The summed E-state index contributed by atoms with van der Waals surface area (Å²) in [5.41, 5.74) is 0.209. The Balaban J connectivity index is 1.47. The van der Waals surface area contributed by atoms with Gasteiger partial charge in [-0.3, -0.25) is 14.4 Å². The van der Waals surface area contributed by atoms with Gasteiger partial charge in [-0.25, -0.2) is 0 Å². The van der Waals surface area contributed by atoms with Gasteiger partial charge in [0.1, 0.15) is 11.9 Å². The highest BCUT2D eigenvalue weighted by Crippen LogP contribution is 2.77. The van der Waals surface area contributed by atoms with E-state index in [2.05, 4.69) is 48.5 Å². The molecule has 43 heavy (non-hydrogen) atoms. The van der Waals surface area contributed by atoms with Crippen molar-refractivity contribution in [3.05, 3.63) is 0 Å². The molecule has 0 aromatic heterocycles. The third-order valence-corrected chi connectivity index (χ3v) is 15.5. The average molecular weight is 599 g/mol. The third-order valence-electron chi connectivity index (χ3n) is 15.5. The quantitative estimate of drug-likeness (QED) is 0.282. The summed E-state index contributed by atoms with van der Waals surface area (Å²) in [6, 6.07) is 0. The SMILES string of the molecule is CCCC(=O)O[C@@H]1CC[C@]2(C)[C@H]3CCC4[C@@H]5[C@H](C(C)C)CC[C@]5(C(=O)C[C@H](C)C(=O)O)CC[C@@]4(C)[C@]3(C)CC[C@H]2C1(C)C. The molecule has 1 N–H and O–H groups in total. The number of esters is 1. The van der Waals surface area contributed by atoms with Crippen LogP contribution in [0.25, 0.3) is 0 Å².